The Labute approximate surface area is 96.0 Å². The Balaban J connectivity index is 2.70. The molecule has 0 bridgehead atoms. The van der Waals surface area contributed by atoms with Crippen molar-refractivity contribution in [1.29, 1.82) is 0 Å². The first-order valence-corrected chi connectivity index (χ1v) is 5.70. The van der Waals surface area contributed by atoms with Gasteiger partial charge in [0.2, 0.25) is 0 Å². The first-order valence-electron chi connectivity index (χ1n) is 5.70. The lowest BCUT2D eigenvalue weighted by Gasteiger charge is -2.19. The summed E-state index contributed by atoms with van der Waals surface area (Å²) in [6.07, 6.45) is 3.85. The van der Waals surface area contributed by atoms with Crippen LogP contribution in [0.5, 0.6) is 0 Å². The monoisotopic (exact) mass is 226 g/mol. The molecule has 0 radical (unpaired) electrons. The molecular formula is C12H19FN2O. The van der Waals surface area contributed by atoms with Crippen molar-refractivity contribution < 1.29 is 9.13 Å². The smallest absolute Gasteiger partial charge is 0.146 e. The zero-order valence-electron chi connectivity index (χ0n) is 9.87. The molecule has 1 aromatic rings. The van der Waals surface area contributed by atoms with Gasteiger partial charge in [-0.1, -0.05) is 6.92 Å². The highest BCUT2D eigenvalue weighted by molar-refractivity contribution is 5.17. The van der Waals surface area contributed by atoms with Gasteiger partial charge in [0.1, 0.15) is 5.82 Å². The van der Waals surface area contributed by atoms with E-state index < -0.39 is 0 Å². The Hall–Kier alpha value is -1.00. The van der Waals surface area contributed by atoms with Crippen LogP contribution in [0.2, 0.25) is 0 Å². The zero-order chi connectivity index (χ0) is 11.8. The predicted octanol–water partition coefficient (Wildman–Crippen LogP) is 2.30. The molecule has 0 aliphatic rings. The van der Waals surface area contributed by atoms with Crippen molar-refractivity contribution in [3.63, 3.8) is 0 Å². The van der Waals surface area contributed by atoms with Crippen molar-refractivity contribution in [3.8, 4) is 0 Å². The van der Waals surface area contributed by atoms with Crippen LogP contribution < -0.4 is 5.32 Å². The van der Waals surface area contributed by atoms with E-state index in [1.165, 1.54) is 6.20 Å². The fourth-order valence-corrected chi connectivity index (χ4v) is 1.48. The van der Waals surface area contributed by atoms with E-state index in [1.54, 1.807) is 12.3 Å². The number of rotatable bonds is 7. The fraction of sp³-hybridized carbons (Fsp3) is 0.583. The summed E-state index contributed by atoms with van der Waals surface area (Å²) in [5, 5.41) is 3.27. The minimum absolute atomic E-state index is 0.0945. The molecule has 1 rings (SSSR count). The third-order valence-corrected chi connectivity index (χ3v) is 2.31. The topological polar surface area (TPSA) is 34.1 Å². The number of ether oxygens (including phenoxy) is 1. The zero-order valence-corrected chi connectivity index (χ0v) is 9.87. The first kappa shape index (κ1) is 13.1. The highest BCUT2D eigenvalue weighted by Crippen LogP contribution is 2.16. The van der Waals surface area contributed by atoms with Crippen LogP contribution in [0.3, 0.4) is 0 Å². The molecule has 0 saturated heterocycles. The molecule has 16 heavy (non-hydrogen) atoms. The van der Waals surface area contributed by atoms with Crippen LogP contribution in [0.15, 0.2) is 18.5 Å². The molecule has 90 valence electrons. The van der Waals surface area contributed by atoms with Gasteiger partial charge in [-0.05, 0) is 26.0 Å². The quantitative estimate of drug-likeness (QED) is 0.774. The number of halogens is 1. The lowest BCUT2D eigenvalue weighted by Crippen LogP contribution is -2.27. The maximum Gasteiger partial charge on any atom is 0.146 e. The molecule has 0 fully saturated rings. The van der Waals surface area contributed by atoms with Crippen molar-refractivity contribution in [2.75, 3.05) is 19.8 Å². The molecular weight excluding hydrogens is 207 g/mol. The maximum atomic E-state index is 13.5. The van der Waals surface area contributed by atoms with Crippen LogP contribution in [-0.4, -0.2) is 24.7 Å². The van der Waals surface area contributed by atoms with Gasteiger partial charge in [-0.15, -0.1) is 0 Å². The van der Waals surface area contributed by atoms with Gasteiger partial charge in [-0.3, -0.25) is 4.98 Å². The highest BCUT2D eigenvalue weighted by atomic mass is 19.1. The van der Waals surface area contributed by atoms with E-state index in [1.807, 2.05) is 6.92 Å². The van der Waals surface area contributed by atoms with Crippen LogP contribution in [0.4, 0.5) is 4.39 Å². The lowest BCUT2D eigenvalue weighted by molar-refractivity contribution is 0.122. The molecule has 1 aromatic heterocycles. The van der Waals surface area contributed by atoms with Gasteiger partial charge in [0.05, 0.1) is 18.8 Å². The summed E-state index contributed by atoms with van der Waals surface area (Å²) in [7, 11) is 0. The van der Waals surface area contributed by atoms with Gasteiger partial charge in [-0.25, -0.2) is 4.39 Å². The second kappa shape index (κ2) is 7.30. The van der Waals surface area contributed by atoms with Gasteiger partial charge in [0, 0.05) is 18.4 Å². The third kappa shape index (κ3) is 3.87. The lowest BCUT2D eigenvalue weighted by atomic mass is 10.1. The molecule has 1 unspecified atom stereocenters. The minimum atomic E-state index is -0.282. The standard InChI is InChI=1S/C12H19FN2O/c1-3-6-15-12(9-16-4-2)10-5-7-14-8-11(10)13/h5,7-8,12,15H,3-4,6,9H2,1-2H3. The third-order valence-electron chi connectivity index (χ3n) is 2.31. The van der Waals surface area contributed by atoms with Gasteiger partial charge >= 0.3 is 0 Å². The summed E-state index contributed by atoms with van der Waals surface area (Å²) in [5.41, 5.74) is 0.622. The second-order valence-electron chi connectivity index (χ2n) is 3.56. The van der Waals surface area contributed by atoms with Crippen LogP contribution in [0.1, 0.15) is 31.9 Å². The number of nitrogens with zero attached hydrogens (tertiary/aromatic N) is 1. The van der Waals surface area contributed by atoms with Crippen LogP contribution >= 0.6 is 0 Å². The van der Waals surface area contributed by atoms with Crippen molar-refractivity contribution in [3.05, 3.63) is 29.8 Å². The van der Waals surface area contributed by atoms with E-state index in [9.17, 15) is 4.39 Å². The van der Waals surface area contributed by atoms with E-state index in [-0.39, 0.29) is 11.9 Å². The van der Waals surface area contributed by atoms with Gasteiger partial charge in [-0.2, -0.15) is 0 Å². The number of hydrogen-bond donors (Lipinski definition) is 1. The maximum absolute atomic E-state index is 13.5. The van der Waals surface area contributed by atoms with Crippen molar-refractivity contribution in [2.45, 2.75) is 26.3 Å². The van der Waals surface area contributed by atoms with E-state index in [2.05, 4.69) is 17.2 Å². The van der Waals surface area contributed by atoms with Crippen molar-refractivity contribution in [1.82, 2.24) is 10.3 Å². The number of nitrogens with one attached hydrogen (secondary N) is 1. The summed E-state index contributed by atoms with van der Waals surface area (Å²) in [6.45, 7) is 5.97. The number of pyridine rings is 1. The Bertz CT molecular complexity index is 299. The summed E-state index contributed by atoms with van der Waals surface area (Å²) >= 11 is 0. The molecule has 1 atom stereocenters. The molecule has 0 aliphatic heterocycles. The van der Waals surface area contributed by atoms with Gasteiger partial charge in [0.25, 0.3) is 0 Å². The summed E-state index contributed by atoms with van der Waals surface area (Å²) in [5.74, 6) is -0.282. The summed E-state index contributed by atoms with van der Waals surface area (Å²) < 4.78 is 18.9. The van der Waals surface area contributed by atoms with Crippen molar-refractivity contribution in [2.24, 2.45) is 0 Å². The van der Waals surface area contributed by atoms with E-state index in [0.29, 0.717) is 18.8 Å². The van der Waals surface area contributed by atoms with Crippen LogP contribution in [0.25, 0.3) is 0 Å². The molecule has 0 aliphatic carbocycles. The second-order valence-corrected chi connectivity index (χ2v) is 3.56. The Morgan fingerprint density at radius 1 is 1.50 bits per heavy atom. The Morgan fingerprint density at radius 3 is 2.94 bits per heavy atom. The average molecular weight is 226 g/mol. The largest absolute Gasteiger partial charge is 0.380 e. The fourth-order valence-electron chi connectivity index (χ4n) is 1.48. The number of hydrogen-bond acceptors (Lipinski definition) is 3. The van der Waals surface area contributed by atoms with E-state index in [0.717, 1.165) is 13.0 Å². The molecule has 0 aromatic carbocycles. The normalized spacial score (nSPS) is 12.7. The molecule has 0 amide bonds. The molecule has 3 nitrogen and oxygen atoms in total. The Kier molecular flexibility index (Phi) is 5.96. The minimum Gasteiger partial charge on any atom is -0.380 e. The average Bonchev–Trinajstić information content (AvgIpc) is 2.31. The van der Waals surface area contributed by atoms with Crippen molar-refractivity contribution >= 4 is 0 Å². The Morgan fingerprint density at radius 2 is 2.31 bits per heavy atom. The molecule has 4 heteroatoms. The molecule has 0 spiro atoms. The van der Waals surface area contributed by atoms with Crippen LogP contribution in [0, 0.1) is 5.82 Å². The van der Waals surface area contributed by atoms with Crippen LogP contribution in [-0.2, 0) is 4.74 Å². The highest BCUT2D eigenvalue weighted by Gasteiger charge is 2.14. The molecule has 1 N–H and O–H groups in total. The van der Waals surface area contributed by atoms with Gasteiger partial charge in [0.15, 0.2) is 0 Å². The SMILES string of the molecule is CCCNC(COCC)c1ccncc1F. The van der Waals surface area contributed by atoms with E-state index >= 15 is 0 Å². The predicted molar refractivity (Wildman–Crippen MR) is 61.7 cm³/mol. The summed E-state index contributed by atoms with van der Waals surface area (Å²) in [4.78, 5) is 3.74. The van der Waals surface area contributed by atoms with E-state index in [4.69, 9.17) is 4.74 Å². The first-order chi connectivity index (χ1) is 7.79. The summed E-state index contributed by atoms with van der Waals surface area (Å²) in [6, 6.07) is 1.60. The van der Waals surface area contributed by atoms with Gasteiger partial charge < -0.3 is 10.1 Å². The molecule has 1 heterocycles. The molecule has 0 saturated carbocycles. The number of aromatic nitrogens is 1.